The Labute approximate surface area is 105 Å². The van der Waals surface area contributed by atoms with E-state index >= 15 is 0 Å². The molecule has 0 aliphatic carbocycles. The fraction of sp³-hybridized carbons (Fsp3) is 0.385. The number of hydrogen-bond donors (Lipinski definition) is 1. The molecule has 2 aromatic heterocycles. The standard InChI is InChI=1S/C13H16FN3O/c1-3-9(2)15-13(18)6-11-8-17-7-10(14)4-5-12(17)16-11/h4-5,7-9H,3,6H2,1-2H3,(H,15,18). The number of carbonyl (C=O) groups excluding carboxylic acids is 1. The first-order valence-electron chi connectivity index (χ1n) is 6.01. The smallest absolute Gasteiger partial charge is 0.226 e. The summed E-state index contributed by atoms with van der Waals surface area (Å²) in [6.45, 7) is 3.97. The van der Waals surface area contributed by atoms with Crippen molar-refractivity contribution in [1.82, 2.24) is 14.7 Å². The summed E-state index contributed by atoms with van der Waals surface area (Å²) in [7, 11) is 0. The van der Waals surface area contributed by atoms with Crippen LogP contribution in [0.15, 0.2) is 24.5 Å². The first-order valence-corrected chi connectivity index (χ1v) is 6.01. The molecule has 1 N–H and O–H groups in total. The second-order valence-electron chi connectivity index (χ2n) is 4.40. The summed E-state index contributed by atoms with van der Waals surface area (Å²) >= 11 is 0. The third-order valence-corrected chi connectivity index (χ3v) is 2.83. The Balaban J connectivity index is 2.10. The van der Waals surface area contributed by atoms with E-state index in [0.29, 0.717) is 11.3 Å². The largest absolute Gasteiger partial charge is 0.353 e. The van der Waals surface area contributed by atoms with Crippen LogP contribution in [0.25, 0.3) is 5.65 Å². The number of rotatable bonds is 4. The summed E-state index contributed by atoms with van der Waals surface area (Å²) in [6, 6.07) is 3.10. The number of imidazole rings is 1. The highest BCUT2D eigenvalue weighted by Crippen LogP contribution is 2.07. The van der Waals surface area contributed by atoms with Gasteiger partial charge in [-0.25, -0.2) is 9.37 Å². The molecule has 2 heterocycles. The first kappa shape index (κ1) is 12.5. The van der Waals surface area contributed by atoms with Gasteiger partial charge in [0.1, 0.15) is 11.5 Å². The lowest BCUT2D eigenvalue weighted by Gasteiger charge is -2.09. The zero-order chi connectivity index (χ0) is 13.1. The Kier molecular flexibility index (Phi) is 3.60. The van der Waals surface area contributed by atoms with Crippen molar-refractivity contribution in [2.24, 2.45) is 0 Å². The van der Waals surface area contributed by atoms with E-state index in [0.717, 1.165) is 6.42 Å². The predicted octanol–water partition coefficient (Wildman–Crippen LogP) is 1.93. The quantitative estimate of drug-likeness (QED) is 0.900. The lowest BCUT2D eigenvalue weighted by atomic mass is 10.2. The van der Waals surface area contributed by atoms with Gasteiger partial charge >= 0.3 is 0 Å². The van der Waals surface area contributed by atoms with Crippen molar-refractivity contribution < 1.29 is 9.18 Å². The fourth-order valence-electron chi connectivity index (χ4n) is 1.69. The Morgan fingerprint density at radius 3 is 3.00 bits per heavy atom. The molecule has 0 aliphatic rings. The molecule has 0 fully saturated rings. The van der Waals surface area contributed by atoms with E-state index in [1.54, 1.807) is 16.7 Å². The van der Waals surface area contributed by atoms with Crippen LogP contribution in [0.4, 0.5) is 4.39 Å². The van der Waals surface area contributed by atoms with Gasteiger partial charge in [-0.2, -0.15) is 0 Å². The minimum Gasteiger partial charge on any atom is -0.353 e. The third kappa shape index (κ3) is 2.85. The number of nitrogens with one attached hydrogen (secondary N) is 1. The molecule has 2 aromatic rings. The van der Waals surface area contributed by atoms with Crippen LogP contribution in [-0.2, 0) is 11.2 Å². The second-order valence-corrected chi connectivity index (χ2v) is 4.40. The number of amides is 1. The van der Waals surface area contributed by atoms with Crippen molar-refractivity contribution in [3.63, 3.8) is 0 Å². The van der Waals surface area contributed by atoms with Crippen LogP contribution >= 0.6 is 0 Å². The van der Waals surface area contributed by atoms with Crippen molar-refractivity contribution in [3.8, 4) is 0 Å². The molecule has 1 atom stereocenters. The third-order valence-electron chi connectivity index (χ3n) is 2.83. The Morgan fingerprint density at radius 2 is 2.28 bits per heavy atom. The lowest BCUT2D eigenvalue weighted by Crippen LogP contribution is -2.33. The maximum Gasteiger partial charge on any atom is 0.226 e. The highest BCUT2D eigenvalue weighted by Gasteiger charge is 2.09. The maximum absolute atomic E-state index is 13.0. The van der Waals surface area contributed by atoms with E-state index in [1.807, 2.05) is 13.8 Å². The van der Waals surface area contributed by atoms with Gasteiger partial charge in [0.2, 0.25) is 5.91 Å². The van der Waals surface area contributed by atoms with Crippen LogP contribution in [-0.4, -0.2) is 21.3 Å². The minimum absolute atomic E-state index is 0.0618. The van der Waals surface area contributed by atoms with E-state index in [4.69, 9.17) is 0 Å². The number of aromatic nitrogens is 2. The molecular formula is C13H16FN3O. The van der Waals surface area contributed by atoms with Crippen molar-refractivity contribution in [2.75, 3.05) is 0 Å². The monoisotopic (exact) mass is 249 g/mol. The van der Waals surface area contributed by atoms with Crippen molar-refractivity contribution in [1.29, 1.82) is 0 Å². The van der Waals surface area contributed by atoms with Gasteiger partial charge in [0.25, 0.3) is 0 Å². The molecule has 0 aliphatic heterocycles. The molecule has 2 rings (SSSR count). The number of nitrogens with zero attached hydrogens (tertiary/aromatic N) is 2. The van der Waals surface area contributed by atoms with Crippen LogP contribution < -0.4 is 5.32 Å². The van der Waals surface area contributed by atoms with E-state index in [1.165, 1.54) is 12.3 Å². The van der Waals surface area contributed by atoms with E-state index in [2.05, 4.69) is 10.3 Å². The van der Waals surface area contributed by atoms with Crippen molar-refractivity contribution in [2.45, 2.75) is 32.7 Å². The molecule has 0 radical (unpaired) electrons. The van der Waals surface area contributed by atoms with Crippen LogP contribution in [0.5, 0.6) is 0 Å². The summed E-state index contributed by atoms with van der Waals surface area (Å²) in [5.74, 6) is -0.385. The number of carbonyl (C=O) groups is 1. The van der Waals surface area contributed by atoms with E-state index in [9.17, 15) is 9.18 Å². The normalized spacial score (nSPS) is 12.6. The molecule has 18 heavy (non-hydrogen) atoms. The molecule has 0 saturated heterocycles. The SMILES string of the molecule is CCC(C)NC(=O)Cc1cn2cc(F)ccc2n1. The summed E-state index contributed by atoms with van der Waals surface area (Å²) in [6.07, 6.45) is 4.13. The highest BCUT2D eigenvalue weighted by molar-refractivity contribution is 5.78. The Hall–Kier alpha value is -1.91. The van der Waals surface area contributed by atoms with Gasteiger partial charge in [-0.1, -0.05) is 6.92 Å². The molecule has 5 heteroatoms. The average Bonchev–Trinajstić information content (AvgIpc) is 2.69. The molecule has 4 nitrogen and oxygen atoms in total. The predicted molar refractivity (Wildman–Crippen MR) is 66.7 cm³/mol. The number of fused-ring (bicyclic) bond motifs is 1. The van der Waals surface area contributed by atoms with Gasteiger partial charge < -0.3 is 9.72 Å². The van der Waals surface area contributed by atoms with Crippen LogP contribution in [0, 0.1) is 5.82 Å². The Morgan fingerprint density at radius 1 is 1.50 bits per heavy atom. The number of pyridine rings is 1. The fourth-order valence-corrected chi connectivity index (χ4v) is 1.69. The lowest BCUT2D eigenvalue weighted by molar-refractivity contribution is -0.121. The van der Waals surface area contributed by atoms with Gasteiger partial charge in [0.05, 0.1) is 12.1 Å². The molecule has 0 saturated carbocycles. The van der Waals surface area contributed by atoms with Gasteiger partial charge in [0.15, 0.2) is 0 Å². The maximum atomic E-state index is 13.0. The molecule has 1 amide bonds. The molecule has 96 valence electrons. The van der Waals surface area contributed by atoms with Gasteiger partial charge in [-0.05, 0) is 25.5 Å². The van der Waals surface area contributed by atoms with E-state index < -0.39 is 0 Å². The van der Waals surface area contributed by atoms with Gasteiger partial charge in [0, 0.05) is 18.4 Å². The van der Waals surface area contributed by atoms with Crippen molar-refractivity contribution in [3.05, 3.63) is 36.0 Å². The summed E-state index contributed by atoms with van der Waals surface area (Å²) in [4.78, 5) is 16.0. The zero-order valence-corrected chi connectivity index (χ0v) is 10.5. The molecule has 0 aromatic carbocycles. The van der Waals surface area contributed by atoms with Crippen LogP contribution in [0.2, 0.25) is 0 Å². The molecule has 0 spiro atoms. The number of hydrogen-bond acceptors (Lipinski definition) is 2. The van der Waals surface area contributed by atoms with Gasteiger partial charge in [-0.15, -0.1) is 0 Å². The first-order chi connectivity index (χ1) is 8.58. The van der Waals surface area contributed by atoms with Crippen LogP contribution in [0.1, 0.15) is 26.0 Å². The van der Waals surface area contributed by atoms with Crippen LogP contribution in [0.3, 0.4) is 0 Å². The average molecular weight is 249 g/mol. The highest BCUT2D eigenvalue weighted by atomic mass is 19.1. The van der Waals surface area contributed by atoms with Gasteiger partial charge in [-0.3, -0.25) is 4.79 Å². The summed E-state index contributed by atoms with van der Waals surface area (Å²) in [5, 5.41) is 2.87. The van der Waals surface area contributed by atoms with E-state index in [-0.39, 0.29) is 24.2 Å². The topological polar surface area (TPSA) is 46.4 Å². The zero-order valence-electron chi connectivity index (χ0n) is 10.5. The summed E-state index contributed by atoms with van der Waals surface area (Å²) < 4.78 is 14.6. The Bertz CT molecular complexity index is 564. The number of halogens is 1. The summed E-state index contributed by atoms with van der Waals surface area (Å²) in [5.41, 5.74) is 1.28. The second kappa shape index (κ2) is 5.16. The van der Waals surface area contributed by atoms with Crippen molar-refractivity contribution >= 4 is 11.6 Å². The molecule has 1 unspecified atom stereocenters. The minimum atomic E-state index is -0.324. The molecule has 0 bridgehead atoms. The molecular weight excluding hydrogens is 233 g/mol.